The average molecular weight is 423 g/mol. The molecule has 30 heavy (non-hydrogen) atoms. The van der Waals surface area contributed by atoms with Crippen LogP contribution in [0.1, 0.15) is 66.9 Å². The second kappa shape index (κ2) is 11.3. The Bertz CT molecular complexity index is 729. The van der Waals surface area contributed by atoms with E-state index in [-0.39, 0.29) is 6.61 Å². The van der Waals surface area contributed by atoms with Crippen molar-refractivity contribution >= 4 is 11.7 Å². The predicted octanol–water partition coefficient (Wildman–Crippen LogP) is 4.00. The number of piperidine rings is 1. The fraction of sp³-hybridized carbons (Fsp3) is 0.667. The van der Waals surface area contributed by atoms with Crippen LogP contribution in [0, 0.1) is 0 Å². The predicted molar refractivity (Wildman–Crippen MR) is 120 cm³/mol. The van der Waals surface area contributed by atoms with E-state index in [0.29, 0.717) is 11.5 Å². The van der Waals surface area contributed by atoms with Crippen LogP contribution in [0.4, 0.5) is 0 Å². The molecular weight excluding hydrogens is 382 g/mol. The Hall–Kier alpha value is -2.08. The highest BCUT2D eigenvalue weighted by atomic mass is 16.6. The Morgan fingerprint density at radius 1 is 1.13 bits per heavy atom. The summed E-state index contributed by atoms with van der Waals surface area (Å²) in [7, 11) is 1.34. The van der Waals surface area contributed by atoms with E-state index < -0.39 is 17.2 Å². The van der Waals surface area contributed by atoms with Gasteiger partial charge < -0.3 is 19.3 Å². The minimum absolute atomic E-state index is 0.125. The summed E-state index contributed by atoms with van der Waals surface area (Å²) in [6.45, 7) is 15.6. The summed E-state index contributed by atoms with van der Waals surface area (Å²) in [5, 5.41) is 10.1. The summed E-state index contributed by atoms with van der Waals surface area (Å²) in [6.07, 6.45) is 2.39. The molecule has 1 aromatic rings. The maximum absolute atomic E-state index is 11.9. The highest BCUT2D eigenvalue weighted by Gasteiger charge is 2.42. The third-order valence-corrected chi connectivity index (χ3v) is 5.30. The van der Waals surface area contributed by atoms with Gasteiger partial charge in [0, 0.05) is 19.8 Å². The van der Waals surface area contributed by atoms with E-state index >= 15 is 0 Å². The van der Waals surface area contributed by atoms with Gasteiger partial charge in [-0.15, -0.1) is 0 Å². The minimum atomic E-state index is -1.12. The van der Waals surface area contributed by atoms with Crippen molar-refractivity contribution in [2.75, 3.05) is 26.8 Å². The largest absolute Gasteiger partial charge is 0.485 e. The molecule has 1 unspecified atom stereocenters. The van der Waals surface area contributed by atoms with Gasteiger partial charge in [-0.05, 0) is 31.5 Å². The highest BCUT2D eigenvalue weighted by Crippen LogP contribution is 2.36. The maximum Gasteiger partial charge on any atom is 0.353 e. The van der Waals surface area contributed by atoms with Crippen molar-refractivity contribution in [3.63, 3.8) is 0 Å². The summed E-state index contributed by atoms with van der Waals surface area (Å²) < 4.78 is 18.7. The Morgan fingerprint density at radius 2 is 1.73 bits per heavy atom. The number of benzene rings is 1. The number of aliphatic hydroxyl groups is 1. The Kier molecular flexibility index (Phi) is 9.82. The van der Waals surface area contributed by atoms with Gasteiger partial charge in [0.2, 0.25) is 5.60 Å². The molecule has 1 saturated heterocycles. The molecule has 1 N–H and O–H groups in total. The Morgan fingerprint density at radius 3 is 2.30 bits per heavy atom. The van der Waals surface area contributed by atoms with Crippen molar-refractivity contribution in [2.45, 2.75) is 78.9 Å². The first-order valence-corrected chi connectivity index (χ1v) is 11.1. The van der Waals surface area contributed by atoms with Crippen LogP contribution in [-0.4, -0.2) is 59.4 Å². The summed E-state index contributed by atoms with van der Waals surface area (Å²) in [6, 6.07) is 5.81. The van der Waals surface area contributed by atoms with Crippen LogP contribution < -0.4 is 9.47 Å². The smallest absolute Gasteiger partial charge is 0.353 e. The van der Waals surface area contributed by atoms with Gasteiger partial charge in [0.1, 0.15) is 19.7 Å². The van der Waals surface area contributed by atoms with Crippen molar-refractivity contribution in [1.29, 1.82) is 0 Å². The second-order valence-electron chi connectivity index (χ2n) is 7.79. The topological polar surface area (TPSA) is 68.0 Å². The number of fused-ring (bicyclic) bond motifs is 1. The summed E-state index contributed by atoms with van der Waals surface area (Å²) >= 11 is 0. The molecule has 2 heterocycles. The molecule has 0 amide bonds. The molecule has 2 aliphatic rings. The minimum Gasteiger partial charge on any atom is -0.485 e. The standard InChI is InChI=1S/C20H28NO5.2C2H6/c1-14(21-9-7-19(2,23)8-10-21)11-15-5-6-16-17(12-15)25-13-20(3,26-16)18(22)24-4;2*1-2/h5-6,12,23H,7-11,13H2,1-4H3;2*1-2H3/q+1;;. The first-order chi connectivity index (χ1) is 14.2. The molecule has 3 rings (SSSR count). The highest BCUT2D eigenvalue weighted by molar-refractivity contribution is 5.81. The molecule has 6 nitrogen and oxygen atoms in total. The van der Waals surface area contributed by atoms with E-state index in [4.69, 9.17) is 14.2 Å². The van der Waals surface area contributed by atoms with E-state index in [1.54, 1.807) is 6.92 Å². The zero-order chi connectivity index (χ0) is 22.9. The van der Waals surface area contributed by atoms with Crippen LogP contribution in [0.25, 0.3) is 0 Å². The van der Waals surface area contributed by atoms with Crippen LogP contribution in [-0.2, 0) is 16.0 Å². The van der Waals surface area contributed by atoms with E-state index in [0.717, 1.165) is 37.9 Å². The number of carbonyl (C=O) groups is 1. The quantitative estimate of drug-likeness (QED) is 0.589. The second-order valence-corrected chi connectivity index (χ2v) is 7.79. The van der Waals surface area contributed by atoms with Crippen LogP contribution >= 0.6 is 0 Å². The number of esters is 1. The van der Waals surface area contributed by atoms with Crippen molar-refractivity contribution in [2.24, 2.45) is 0 Å². The zero-order valence-corrected chi connectivity index (χ0v) is 20.0. The number of rotatable bonds is 3. The van der Waals surface area contributed by atoms with Gasteiger partial charge in [0.15, 0.2) is 17.2 Å². The number of methoxy groups -OCH3 is 1. The van der Waals surface area contributed by atoms with Gasteiger partial charge >= 0.3 is 5.97 Å². The van der Waals surface area contributed by atoms with E-state index in [1.807, 2.05) is 52.8 Å². The van der Waals surface area contributed by atoms with Crippen LogP contribution in [0.2, 0.25) is 0 Å². The van der Waals surface area contributed by atoms with Crippen LogP contribution in [0.15, 0.2) is 18.2 Å². The molecule has 0 aliphatic carbocycles. The molecule has 6 heteroatoms. The Balaban J connectivity index is 0.00000106. The third kappa shape index (κ3) is 6.46. The van der Waals surface area contributed by atoms with Crippen molar-refractivity contribution < 1.29 is 28.7 Å². The van der Waals surface area contributed by atoms with Crippen molar-refractivity contribution in [3.8, 4) is 11.5 Å². The van der Waals surface area contributed by atoms with Gasteiger partial charge in [0.25, 0.3) is 0 Å². The average Bonchev–Trinajstić information content (AvgIpc) is 2.76. The first-order valence-electron chi connectivity index (χ1n) is 11.1. The van der Waals surface area contributed by atoms with Crippen molar-refractivity contribution in [1.82, 2.24) is 0 Å². The monoisotopic (exact) mass is 422 g/mol. The zero-order valence-electron chi connectivity index (χ0n) is 20.0. The molecule has 2 aliphatic heterocycles. The molecule has 0 spiro atoms. The maximum atomic E-state index is 11.9. The molecular formula is C24H40NO5+. The van der Waals surface area contributed by atoms with E-state index in [2.05, 4.69) is 11.5 Å². The summed E-state index contributed by atoms with van der Waals surface area (Å²) in [5.41, 5.74) is 0.747. The lowest BCUT2D eigenvalue weighted by Gasteiger charge is -2.33. The first kappa shape index (κ1) is 26.0. The van der Waals surface area contributed by atoms with E-state index in [9.17, 15) is 9.90 Å². The number of ether oxygens (including phenoxy) is 3. The fourth-order valence-electron chi connectivity index (χ4n) is 3.44. The Labute approximate surface area is 181 Å². The molecule has 0 radical (unpaired) electrons. The summed E-state index contributed by atoms with van der Waals surface area (Å²) in [5.74, 6) is 0.759. The van der Waals surface area contributed by atoms with Crippen LogP contribution in [0.3, 0.4) is 0 Å². The number of nitrogens with zero attached hydrogens (tertiary/aromatic N) is 1. The lowest BCUT2D eigenvalue weighted by Crippen LogP contribution is -2.49. The third-order valence-electron chi connectivity index (χ3n) is 5.30. The van der Waals surface area contributed by atoms with Gasteiger partial charge in [-0.2, -0.15) is 0 Å². The number of carbonyl (C=O) groups excluding carboxylic acids is 1. The molecule has 1 fully saturated rings. The molecule has 0 saturated carbocycles. The summed E-state index contributed by atoms with van der Waals surface area (Å²) in [4.78, 5) is 11.9. The van der Waals surface area contributed by atoms with Gasteiger partial charge in [-0.25, -0.2) is 9.37 Å². The van der Waals surface area contributed by atoms with Crippen LogP contribution in [0.5, 0.6) is 11.5 Å². The van der Waals surface area contributed by atoms with Crippen molar-refractivity contribution in [3.05, 3.63) is 23.8 Å². The lowest BCUT2D eigenvalue weighted by molar-refractivity contribution is -0.547. The van der Waals surface area contributed by atoms with Gasteiger partial charge in [0.05, 0.1) is 19.1 Å². The van der Waals surface area contributed by atoms with E-state index in [1.165, 1.54) is 12.8 Å². The van der Waals surface area contributed by atoms with Gasteiger partial charge in [-0.1, -0.05) is 33.8 Å². The molecule has 170 valence electrons. The normalized spacial score (nSPS) is 24.5. The number of hydrogen-bond acceptors (Lipinski definition) is 5. The SMILES string of the molecule is CC.CC.COC(=O)C1(C)COc2cc(CC(C)=[N+]3CCC(C)(O)CC3)ccc2O1. The lowest BCUT2D eigenvalue weighted by atomic mass is 9.94. The number of hydrogen-bond donors (Lipinski definition) is 1. The van der Waals surface area contributed by atoms with Gasteiger partial charge in [-0.3, -0.25) is 0 Å². The molecule has 1 atom stereocenters. The molecule has 0 bridgehead atoms. The molecule has 0 aromatic heterocycles. The fourth-order valence-corrected chi connectivity index (χ4v) is 3.44. The molecule has 1 aromatic carbocycles.